The molecule has 1 amide bonds. The Kier molecular flexibility index (Phi) is 4.31. The van der Waals surface area contributed by atoms with Crippen LogP contribution in [0.5, 0.6) is 5.75 Å². The number of hydrogen-bond donors (Lipinski definition) is 1. The second kappa shape index (κ2) is 5.99. The third kappa shape index (κ3) is 2.91. The maximum atomic E-state index is 12.4. The van der Waals surface area contributed by atoms with Gasteiger partial charge in [0.25, 0.3) is 11.7 Å². The van der Waals surface area contributed by atoms with Gasteiger partial charge >= 0.3 is 0 Å². The Morgan fingerprint density at radius 1 is 1.33 bits per heavy atom. The number of benzene rings is 1. The van der Waals surface area contributed by atoms with E-state index in [0.717, 1.165) is 17.4 Å². The molecule has 0 atom stereocenters. The summed E-state index contributed by atoms with van der Waals surface area (Å²) in [4.78, 5) is 24.3. The molecule has 0 saturated carbocycles. The fourth-order valence-electron chi connectivity index (χ4n) is 2.30. The summed E-state index contributed by atoms with van der Waals surface area (Å²) in [6.07, 6.45) is 1.73. The van der Waals surface area contributed by atoms with E-state index in [1.807, 2.05) is 37.5 Å². The van der Waals surface area contributed by atoms with E-state index in [-0.39, 0.29) is 6.04 Å². The Morgan fingerprint density at radius 2 is 2.05 bits per heavy atom. The van der Waals surface area contributed by atoms with Crippen LogP contribution >= 0.6 is 0 Å². The Morgan fingerprint density at radius 3 is 2.62 bits per heavy atom. The first kappa shape index (κ1) is 15.1. The molecule has 1 heterocycles. The number of amides is 1. The molecule has 0 fully saturated rings. The second-order valence-electron chi connectivity index (χ2n) is 5.17. The highest BCUT2D eigenvalue weighted by atomic mass is 16.5. The van der Waals surface area contributed by atoms with Crippen LogP contribution in [0.3, 0.4) is 0 Å². The highest BCUT2D eigenvalue weighted by Crippen LogP contribution is 2.26. The van der Waals surface area contributed by atoms with E-state index < -0.39 is 11.7 Å². The SMILES string of the molecule is CCn1cc(C(=O)C(=O)NC(C)C)c2cc(OC)ccc21. The molecule has 0 bridgehead atoms. The van der Waals surface area contributed by atoms with E-state index in [0.29, 0.717) is 11.3 Å². The van der Waals surface area contributed by atoms with Gasteiger partial charge in [-0.3, -0.25) is 9.59 Å². The predicted molar refractivity (Wildman–Crippen MR) is 81.8 cm³/mol. The zero-order valence-electron chi connectivity index (χ0n) is 12.8. The largest absolute Gasteiger partial charge is 0.497 e. The fraction of sp³-hybridized carbons (Fsp3) is 0.375. The van der Waals surface area contributed by atoms with Crippen LogP contribution in [0.2, 0.25) is 0 Å². The van der Waals surface area contributed by atoms with Gasteiger partial charge in [-0.2, -0.15) is 0 Å². The summed E-state index contributed by atoms with van der Waals surface area (Å²) in [6.45, 7) is 6.36. The maximum Gasteiger partial charge on any atom is 0.292 e. The first-order chi connectivity index (χ1) is 9.97. The van der Waals surface area contributed by atoms with E-state index in [1.165, 1.54) is 0 Å². The molecule has 1 N–H and O–H groups in total. The lowest BCUT2D eigenvalue weighted by atomic mass is 10.1. The number of nitrogens with one attached hydrogen (secondary N) is 1. The lowest BCUT2D eigenvalue weighted by molar-refractivity contribution is -0.117. The van der Waals surface area contributed by atoms with Gasteiger partial charge in [-0.05, 0) is 39.0 Å². The summed E-state index contributed by atoms with van der Waals surface area (Å²) in [5.41, 5.74) is 1.32. The Balaban J connectivity index is 2.52. The van der Waals surface area contributed by atoms with Crippen LogP contribution in [0.1, 0.15) is 31.1 Å². The highest BCUT2D eigenvalue weighted by molar-refractivity contribution is 6.45. The molecule has 112 valence electrons. The number of nitrogens with zero attached hydrogens (tertiary/aromatic N) is 1. The Hall–Kier alpha value is -2.30. The molecule has 2 aromatic rings. The average molecular weight is 288 g/mol. The maximum absolute atomic E-state index is 12.4. The average Bonchev–Trinajstić information content (AvgIpc) is 2.83. The standard InChI is InChI=1S/C16H20N2O3/c1-5-18-9-13(15(19)16(20)17-10(2)3)12-8-11(21-4)6-7-14(12)18/h6-10H,5H2,1-4H3,(H,17,20). The van der Waals surface area contributed by atoms with E-state index in [9.17, 15) is 9.59 Å². The Labute approximate surface area is 123 Å². The highest BCUT2D eigenvalue weighted by Gasteiger charge is 2.22. The number of Topliss-reactive ketones (excluding diaryl/α,β-unsaturated/α-hetero) is 1. The fourth-order valence-corrected chi connectivity index (χ4v) is 2.30. The molecule has 5 nitrogen and oxygen atoms in total. The van der Waals surface area contributed by atoms with Gasteiger partial charge in [-0.15, -0.1) is 0 Å². The number of rotatable bonds is 5. The van der Waals surface area contributed by atoms with Gasteiger partial charge in [-0.1, -0.05) is 0 Å². The van der Waals surface area contributed by atoms with Gasteiger partial charge in [-0.25, -0.2) is 0 Å². The van der Waals surface area contributed by atoms with E-state index >= 15 is 0 Å². The molecule has 1 aromatic carbocycles. The molecule has 0 unspecified atom stereocenters. The molecule has 0 radical (unpaired) electrons. The predicted octanol–water partition coefficient (Wildman–Crippen LogP) is 2.38. The van der Waals surface area contributed by atoms with E-state index in [4.69, 9.17) is 4.74 Å². The van der Waals surface area contributed by atoms with Crippen molar-refractivity contribution >= 4 is 22.6 Å². The summed E-state index contributed by atoms with van der Waals surface area (Å²) < 4.78 is 7.15. The van der Waals surface area contributed by atoms with Crippen molar-refractivity contribution in [1.82, 2.24) is 9.88 Å². The minimum absolute atomic E-state index is 0.0736. The molecule has 5 heteroatoms. The van der Waals surface area contributed by atoms with Crippen molar-refractivity contribution in [1.29, 1.82) is 0 Å². The number of methoxy groups -OCH3 is 1. The molecule has 21 heavy (non-hydrogen) atoms. The van der Waals surface area contributed by atoms with Crippen molar-refractivity contribution in [3.05, 3.63) is 30.0 Å². The zero-order chi connectivity index (χ0) is 15.6. The van der Waals surface area contributed by atoms with Crippen LogP contribution < -0.4 is 10.1 Å². The summed E-state index contributed by atoms with van der Waals surface area (Å²) in [5.74, 6) is -0.438. The van der Waals surface area contributed by atoms with Gasteiger partial charge in [0.2, 0.25) is 0 Å². The molecule has 2 rings (SSSR count). The lowest BCUT2D eigenvalue weighted by Gasteiger charge is -2.06. The van der Waals surface area contributed by atoms with Crippen molar-refractivity contribution in [2.24, 2.45) is 0 Å². The molecule has 1 aromatic heterocycles. The van der Waals surface area contributed by atoms with Crippen molar-refractivity contribution in [2.45, 2.75) is 33.4 Å². The zero-order valence-corrected chi connectivity index (χ0v) is 12.8. The first-order valence-electron chi connectivity index (χ1n) is 7.00. The number of hydrogen-bond acceptors (Lipinski definition) is 3. The summed E-state index contributed by atoms with van der Waals surface area (Å²) >= 11 is 0. The lowest BCUT2D eigenvalue weighted by Crippen LogP contribution is -2.35. The number of carbonyl (C=O) groups is 2. The summed E-state index contributed by atoms with van der Waals surface area (Å²) in [6, 6.07) is 5.46. The minimum Gasteiger partial charge on any atom is -0.497 e. The monoisotopic (exact) mass is 288 g/mol. The van der Waals surface area contributed by atoms with E-state index in [2.05, 4.69) is 5.32 Å². The van der Waals surface area contributed by atoms with Crippen LogP contribution in [0, 0.1) is 0 Å². The number of carbonyl (C=O) groups excluding carboxylic acids is 2. The number of ether oxygens (including phenoxy) is 1. The molecule has 0 saturated heterocycles. The smallest absolute Gasteiger partial charge is 0.292 e. The molecular weight excluding hydrogens is 268 g/mol. The Bertz CT molecular complexity index is 686. The van der Waals surface area contributed by atoms with Crippen LogP contribution in [-0.2, 0) is 11.3 Å². The first-order valence-corrected chi connectivity index (χ1v) is 7.00. The third-order valence-electron chi connectivity index (χ3n) is 3.30. The quantitative estimate of drug-likeness (QED) is 0.679. The van der Waals surface area contributed by atoms with Crippen LogP contribution in [0.15, 0.2) is 24.4 Å². The van der Waals surface area contributed by atoms with E-state index in [1.54, 1.807) is 19.4 Å². The molecule has 0 aliphatic carbocycles. The van der Waals surface area contributed by atoms with Gasteiger partial charge in [0.1, 0.15) is 5.75 Å². The topological polar surface area (TPSA) is 60.3 Å². The third-order valence-corrected chi connectivity index (χ3v) is 3.30. The van der Waals surface area contributed by atoms with Crippen LogP contribution in [0.4, 0.5) is 0 Å². The summed E-state index contributed by atoms with van der Waals surface area (Å²) in [5, 5.41) is 3.37. The molecular formula is C16H20N2O3. The number of aromatic nitrogens is 1. The normalized spacial score (nSPS) is 10.9. The number of ketones is 1. The van der Waals surface area contributed by atoms with Crippen molar-refractivity contribution in [2.75, 3.05) is 7.11 Å². The van der Waals surface area contributed by atoms with Crippen LogP contribution in [-0.4, -0.2) is 29.4 Å². The van der Waals surface area contributed by atoms with Crippen LogP contribution in [0.25, 0.3) is 10.9 Å². The minimum atomic E-state index is -0.581. The molecule has 0 spiro atoms. The summed E-state index contributed by atoms with van der Waals surface area (Å²) in [7, 11) is 1.57. The second-order valence-corrected chi connectivity index (χ2v) is 5.17. The van der Waals surface area contributed by atoms with Gasteiger partial charge in [0.15, 0.2) is 0 Å². The molecule has 0 aliphatic rings. The van der Waals surface area contributed by atoms with Crippen molar-refractivity contribution < 1.29 is 14.3 Å². The van der Waals surface area contributed by atoms with Gasteiger partial charge < -0.3 is 14.6 Å². The van der Waals surface area contributed by atoms with Gasteiger partial charge in [0.05, 0.1) is 12.7 Å². The number of fused-ring (bicyclic) bond motifs is 1. The van der Waals surface area contributed by atoms with Gasteiger partial charge in [0, 0.05) is 29.7 Å². The molecule has 0 aliphatic heterocycles. The van der Waals surface area contributed by atoms with Crippen molar-refractivity contribution in [3.8, 4) is 5.75 Å². The van der Waals surface area contributed by atoms with Crippen molar-refractivity contribution in [3.63, 3.8) is 0 Å². The number of aryl methyl sites for hydroxylation is 1.